The third-order valence-electron chi connectivity index (χ3n) is 4.89. The van der Waals surface area contributed by atoms with Gasteiger partial charge >= 0.3 is 0 Å². The molecule has 1 aromatic carbocycles. The standard InChI is InChI=1S/C19H22N4O2/c1-12-13(2)21-18-16(12)6-3-7-17(18)19(24)22-14-9-20-23(10-14)11-15-5-4-8-25-15/h3,6-7,9-10,15,21H,4-5,8,11H2,1-2H3,(H,22,24). The highest BCUT2D eigenvalue weighted by molar-refractivity contribution is 6.12. The lowest BCUT2D eigenvalue weighted by Crippen LogP contribution is -2.15. The van der Waals surface area contributed by atoms with Gasteiger partial charge in [-0.25, -0.2) is 0 Å². The zero-order chi connectivity index (χ0) is 17.4. The van der Waals surface area contributed by atoms with Crippen LogP contribution in [0.5, 0.6) is 0 Å². The Morgan fingerprint density at radius 2 is 2.32 bits per heavy atom. The fourth-order valence-electron chi connectivity index (χ4n) is 3.40. The van der Waals surface area contributed by atoms with Crippen molar-refractivity contribution in [3.05, 3.63) is 47.4 Å². The smallest absolute Gasteiger partial charge is 0.257 e. The van der Waals surface area contributed by atoms with Gasteiger partial charge in [-0.15, -0.1) is 0 Å². The molecule has 0 saturated carbocycles. The Hall–Kier alpha value is -2.60. The van der Waals surface area contributed by atoms with Crippen molar-refractivity contribution in [1.82, 2.24) is 14.8 Å². The lowest BCUT2D eigenvalue weighted by molar-refractivity contribution is 0.0940. The van der Waals surface area contributed by atoms with Crippen LogP contribution in [0.25, 0.3) is 10.9 Å². The second-order valence-corrected chi connectivity index (χ2v) is 6.64. The number of aromatic nitrogens is 3. The van der Waals surface area contributed by atoms with E-state index in [1.165, 1.54) is 5.56 Å². The van der Waals surface area contributed by atoms with Crippen molar-refractivity contribution in [2.24, 2.45) is 0 Å². The fourth-order valence-corrected chi connectivity index (χ4v) is 3.40. The molecule has 2 N–H and O–H groups in total. The number of ether oxygens (including phenoxy) is 1. The predicted octanol–water partition coefficient (Wildman–Crippen LogP) is 3.41. The van der Waals surface area contributed by atoms with Gasteiger partial charge in [-0.3, -0.25) is 9.48 Å². The minimum atomic E-state index is -0.136. The molecular weight excluding hydrogens is 316 g/mol. The monoisotopic (exact) mass is 338 g/mol. The minimum Gasteiger partial charge on any atom is -0.376 e. The van der Waals surface area contributed by atoms with Crippen LogP contribution in [0.15, 0.2) is 30.6 Å². The van der Waals surface area contributed by atoms with Crippen LogP contribution >= 0.6 is 0 Å². The van der Waals surface area contributed by atoms with Crippen molar-refractivity contribution < 1.29 is 9.53 Å². The number of hydrogen-bond acceptors (Lipinski definition) is 3. The van der Waals surface area contributed by atoms with E-state index in [0.29, 0.717) is 11.3 Å². The first-order valence-corrected chi connectivity index (χ1v) is 8.65. The number of fused-ring (bicyclic) bond motifs is 1. The van der Waals surface area contributed by atoms with Gasteiger partial charge in [0, 0.05) is 23.9 Å². The third-order valence-corrected chi connectivity index (χ3v) is 4.89. The Kier molecular flexibility index (Phi) is 4.05. The lowest BCUT2D eigenvalue weighted by Gasteiger charge is -2.08. The first kappa shape index (κ1) is 15.9. The zero-order valence-corrected chi connectivity index (χ0v) is 14.5. The predicted molar refractivity (Wildman–Crippen MR) is 96.9 cm³/mol. The summed E-state index contributed by atoms with van der Waals surface area (Å²) in [4.78, 5) is 16.0. The number of anilines is 1. The second-order valence-electron chi connectivity index (χ2n) is 6.64. The Morgan fingerprint density at radius 3 is 3.12 bits per heavy atom. The third kappa shape index (κ3) is 3.05. The van der Waals surface area contributed by atoms with Crippen molar-refractivity contribution in [2.75, 3.05) is 11.9 Å². The molecule has 4 rings (SSSR count). The van der Waals surface area contributed by atoms with Crippen molar-refractivity contribution >= 4 is 22.5 Å². The van der Waals surface area contributed by atoms with Crippen LogP contribution in [0.3, 0.4) is 0 Å². The van der Waals surface area contributed by atoms with Crippen molar-refractivity contribution in [3.63, 3.8) is 0 Å². The fraction of sp³-hybridized carbons (Fsp3) is 0.368. The van der Waals surface area contributed by atoms with E-state index < -0.39 is 0 Å². The number of nitrogens with zero attached hydrogens (tertiary/aromatic N) is 2. The van der Waals surface area contributed by atoms with E-state index in [1.807, 2.05) is 36.0 Å². The molecule has 0 spiro atoms. The van der Waals surface area contributed by atoms with Crippen LogP contribution in [0.2, 0.25) is 0 Å². The number of benzene rings is 1. The Morgan fingerprint density at radius 1 is 1.44 bits per heavy atom. The largest absolute Gasteiger partial charge is 0.376 e. The molecule has 130 valence electrons. The SMILES string of the molecule is Cc1[nH]c2c(C(=O)Nc3cnn(CC4CCCO4)c3)cccc2c1C. The second kappa shape index (κ2) is 6.37. The summed E-state index contributed by atoms with van der Waals surface area (Å²) in [6, 6.07) is 5.78. The molecule has 1 aliphatic heterocycles. The molecule has 1 amide bonds. The number of carbonyl (C=O) groups is 1. The molecule has 0 bridgehead atoms. The van der Waals surface area contributed by atoms with Gasteiger partial charge in [0.1, 0.15) is 0 Å². The summed E-state index contributed by atoms with van der Waals surface area (Å²) in [5.41, 5.74) is 4.47. The van der Waals surface area contributed by atoms with Crippen molar-refractivity contribution in [1.29, 1.82) is 0 Å². The van der Waals surface area contributed by atoms with Gasteiger partial charge < -0.3 is 15.0 Å². The number of aryl methyl sites for hydroxylation is 2. The van der Waals surface area contributed by atoms with E-state index in [2.05, 4.69) is 22.3 Å². The molecule has 1 saturated heterocycles. The maximum absolute atomic E-state index is 12.7. The summed E-state index contributed by atoms with van der Waals surface area (Å²) >= 11 is 0. The van der Waals surface area contributed by atoms with Crippen LogP contribution in [0, 0.1) is 13.8 Å². The quantitative estimate of drug-likeness (QED) is 0.766. The summed E-state index contributed by atoms with van der Waals surface area (Å²) in [5, 5.41) is 8.34. The Balaban J connectivity index is 1.52. The first-order chi connectivity index (χ1) is 12.1. The number of carbonyl (C=O) groups excluding carboxylic acids is 1. The van der Waals surface area contributed by atoms with Crippen LogP contribution < -0.4 is 5.32 Å². The number of rotatable bonds is 4. The van der Waals surface area contributed by atoms with E-state index in [4.69, 9.17) is 4.74 Å². The highest BCUT2D eigenvalue weighted by Gasteiger charge is 2.17. The van der Waals surface area contributed by atoms with E-state index in [1.54, 1.807) is 6.20 Å². The molecule has 0 radical (unpaired) electrons. The Labute approximate surface area is 146 Å². The van der Waals surface area contributed by atoms with Gasteiger partial charge in [0.15, 0.2) is 0 Å². The minimum absolute atomic E-state index is 0.136. The topological polar surface area (TPSA) is 71.9 Å². The normalized spacial score (nSPS) is 17.3. The van der Waals surface area contributed by atoms with E-state index in [9.17, 15) is 4.79 Å². The van der Waals surface area contributed by atoms with E-state index >= 15 is 0 Å². The molecule has 2 aromatic heterocycles. The number of aromatic amines is 1. The van der Waals surface area contributed by atoms with E-state index in [-0.39, 0.29) is 12.0 Å². The summed E-state index contributed by atoms with van der Waals surface area (Å²) in [5.74, 6) is -0.136. The van der Waals surface area contributed by atoms with Gasteiger partial charge in [0.2, 0.25) is 0 Å². The van der Waals surface area contributed by atoms with Gasteiger partial charge in [-0.05, 0) is 38.3 Å². The lowest BCUT2D eigenvalue weighted by atomic mass is 10.1. The van der Waals surface area contributed by atoms with Crippen LogP contribution in [0.4, 0.5) is 5.69 Å². The Bertz CT molecular complexity index is 919. The summed E-state index contributed by atoms with van der Waals surface area (Å²) < 4.78 is 7.45. The molecule has 1 fully saturated rings. The summed E-state index contributed by atoms with van der Waals surface area (Å²) in [6.07, 6.45) is 5.93. The summed E-state index contributed by atoms with van der Waals surface area (Å²) in [6.45, 7) is 5.63. The molecule has 3 heterocycles. The number of H-pyrrole nitrogens is 1. The molecular formula is C19H22N4O2. The number of amides is 1. The molecule has 1 aliphatic rings. The molecule has 1 unspecified atom stereocenters. The number of hydrogen-bond donors (Lipinski definition) is 2. The van der Waals surface area contributed by atoms with Gasteiger partial charge in [-0.2, -0.15) is 5.10 Å². The van der Waals surface area contributed by atoms with E-state index in [0.717, 1.165) is 42.6 Å². The molecule has 6 heteroatoms. The summed E-state index contributed by atoms with van der Waals surface area (Å²) in [7, 11) is 0. The molecule has 3 aromatic rings. The maximum Gasteiger partial charge on any atom is 0.257 e. The average Bonchev–Trinajstić information content (AvgIpc) is 3.31. The van der Waals surface area contributed by atoms with Crippen LogP contribution in [0.1, 0.15) is 34.5 Å². The highest BCUT2D eigenvalue weighted by Crippen LogP contribution is 2.25. The zero-order valence-electron chi connectivity index (χ0n) is 14.5. The van der Waals surface area contributed by atoms with Crippen LogP contribution in [-0.2, 0) is 11.3 Å². The molecule has 25 heavy (non-hydrogen) atoms. The van der Waals surface area contributed by atoms with Gasteiger partial charge in [0.25, 0.3) is 5.91 Å². The van der Waals surface area contributed by atoms with Gasteiger partial charge in [0.05, 0.1) is 35.6 Å². The number of para-hydroxylation sites is 1. The van der Waals surface area contributed by atoms with Crippen molar-refractivity contribution in [2.45, 2.75) is 39.3 Å². The first-order valence-electron chi connectivity index (χ1n) is 8.65. The van der Waals surface area contributed by atoms with Crippen molar-refractivity contribution in [3.8, 4) is 0 Å². The molecule has 1 atom stereocenters. The number of nitrogens with one attached hydrogen (secondary N) is 2. The maximum atomic E-state index is 12.7. The average molecular weight is 338 g/mol. The molecule has 0 aliphatic carbocycles. The highest BCUT2D eigenvalue weighted by atomic mass is 16.5. The van der Waals surface area contributed by atoms with Crippen LogP contribution in [-0.4, -0.2) is 33.4 Å². The molecule has 6 nitrogen and oxygen atoms in total. The van der Waals surface area contributed by atoms with Gasteiger partial charge in [-0.1, -0.05) is 12.1 Å².